The van der Waals surface area contributed by atoms with Crippen LogP contribution in [-0.2, 0) is 77.6 Å². The molecule has 0 amide bonds. The number of hydrogen-bond donors (Lipinski definition) is 5. The fraction of sp³-hybridized carbons (Fsp3) is 0.432. The van der Waals surface area contributed by atoms with Gasteiger partial charge in [0.2, 0.25) is 0 Å². The van der Waals surface area contributed by atoms with E-state index >= 15 is 0 Å². The van der Waals surface area contributed by atoms with Gasteiger partial charge in [-0.2, -0.15) is 0 Å². The number of hydrogen-bond acceptors (Lipinski definition) is 7. The standard InChI is InChI=1S/C74H92O7/c1-69(2,3)56-30-44-24-46-32-57(70(4,5)6)34-48(64(46)76)26-50-36-59(72(10,11)12)38-52(66(50)78)28-54-40-61(74(16,17)18)41-55(68(54)81-42-43-20-22-62(80-19)23-21-43)29-53-39-60(73(13,14)15)37-51(67(53)79)27-49-35-58(71(7,8)9)33-47(65(49)77)25-45(31-56)63(44)75/h20-23,30-41,75-79H,24-29,42H2,1-19H3. The molecule has 7 aromatic rings. The van der Waals surface area contributed by atoms with Crippen molar-refractivity contribution in [2.24, 2.45) is 0 Å². The Hall–Kier alpha value is -6.86. The van der Waals surface area contributed by atoms with Gasteiger partial charge in [-0.15, -0.1) is 0 Å². The molecular formula is C74H92O7. The number of phenolic OH excluding ortho intramolecular Hbond substituents is 5. The van der Waals surface area contributed by atoms with Crippen molar-refractivity contribution in [1.82, 2.24) is 0 Å². The van der Waals surface area contributed by atoms with Crippen molar-refractivity contribution >= 4 is 0 Å². The minimum Gasteiger partial charge on any atom is -0.507 e. The number of phenols is 5. The van der Waals surface area contributed by atoms with Crippen molar-refractivity contribution in [3.8, 4) is 40.2 Å². The summed E-state index contributed by atoms with van der Waals surface area (Å²) in [6, 6.07) is 33.2. The van der Waals surface area contributed by atoms with Crippen molar-refractivity contribution in [2.75, 3.05) is 7.11 Å². The van der Waals surface area contributed by atoms with E-state index in [9.17, 15) is 25.5 Å². The molecule has 430 valence electrons. The molecule has 1 aliphatic rings. The summed E-state index contributed by atoms with van der Waals surface area (Å²) >= 11 is 0. The van der Waals surface area contributed by atoms with Gasteiger partial charge in [-0.3, -0.25) is 0 Å². The third-order valence-electron chi connectivity index (χ3n) is 16.6. The lowest BCUT2D eigenvalue weighted by atomic mass is 9.79. The van der Waals surface area contributed by atoms with E-state index in [0.717, 1.165) is 66.9 Å². The summed E-state index contributed by atoms with van der Waals surface area (Å²) in [5, 5.41) is 63.6. The van der Waals surface area contributed by atoms with Gasteiger partial charge in [0.25, 0.3) is 0 Å². The Balaban J connectivity index is 1.47. The Morgan fingerprint density at radius 3 is 0.667 bits per heavy atom. The molecule has 0 atom stereocenters. The average molecular weight is 1090 g/mol. The lowest BCUT2D eigenvalue weighted by molar-refractivity contribution is 0.300. The van der Waals surface area contributed by atoms with Crippen LogP contribution < -0.4 is 9.47 Å². The maximum atomic E-state index is 12.9. The van der Waals surface area contributed by atoms with E-state index in [0.29, 0.717) is 63.1 Å². The Bertz CT molecular complexity index is 3310. The van der Waals surface area contributed by atoms with Gasteiger partial charge in [0.1, 0.15) is 46.9 Å². The molecule has 0 fully saturated rings. The summed E-state index contributed by atoms with van der Waals surface area (Å²) in [5.74, 6) is 2.11. The van der Waals surface area contributed by atoms with Gasteiger partial charge in [-0.1, -0.05) is 210 Å². The van der Waals surface area contributed by atoms with Crippen LogP contribution in [0.1, 0.15) is 230 Å². The van der Waals surface area contributed by atoms with Crippen LogP contribution >= 0.6 is 0 Å². The van der Waals surface area contributed by atoms with E-state index in [-0.39, 0.29) is 93.5 Å². The molecule has 12 bridgehead atoms. The molecule has 0 heterocycles. The Morgan fingerprint density at radius 2 is 0.481 bits per heavy atom. The summed E-state index contributed by atoms with van der Waals surface area (Å²) < 4.78 is 12.6. The largest absolute Gasteiger partial charge is 0.507 e. The molecular weight excluding hydrogens is 1000 g/mol. The fourth-order valence-corrected chi connectivity index (χ4v) is 11.1. The second-order valence-electron chi connectivity index (χ2n) is 29.5. The van der Waals surface area contributed by atoms with Crippen molar-refractivity contribution in [3.63, 3.8) is 0 Å². The molecule has 0 aliphatic heterocycles. The summed E-state index contributed by atoms with van der Waals surface area (Å²) in [6.07, 6.45) is 1.62. The number of methoxy groups -OCH3 is 1. The Morgan fingerprint density at radius 1 is 0.296 bits per heavy atom. The molecule has 8 rings (SSSR count). The monoisotopic (exact) mass is 1090 g/mol. The van der Waals surface area contributed by atoms with Crippen LogP contribution in [0.5, 0.6) is 40.2 Å². The smallest absolute Gasteiger partial charge is 0.126 e. The maximum absolute atomic E-state index is 12.9. The van der Waals surface area contributed by atoms with Gasteiger partial charge in [0, 0.05) is 38.5 Å². The summed E-state index contributed by atoms with van der Waals surface area (Å²) in [4.78, 5) is 0. The summed E-state index contributed by atoms with van der Waals surface area (Å²) in [6.45, 7) is 39.5. The first-order valence-electron chi connectivity index (χ1n) is 29.1. The zero-order chi connectivity index (χ0) is 59.7. The van der Waals surface area contributed by atoms with E-state index in [1.807, 2.05) is 24.3 Å². The van der Waals surface area contributed by atoms with Crippen LogP contribution in [0.3, 0.4) is 0 Å². The highest BCUT2D eigenvalue weighted by atomic mass is 16.5. The number of aromatic hydroxyl groups is 5. The maximum Gasteiger partial charge on any atom is 0.126 e. The Labute approximate surface area is 485 Å². The molecule has 0 saturated heterocycles. The van der Waals surface area contributed by atoms with Gasteiger partial charge < -0.3 is 35.0 Å². The van der Waals surface area contributed by atoms with Crippen LogP contribution in [0.2, 0.25) is 0 Å². The summed E-state index contributed by atoms with van der Waals surface area (Å²) in [7, 11) is 1.66. The average Bonchev–Trinajstić information content (AvgIpc) is 3.34. The van der Waals surface area contributed by atoms with Crippen LogP contribution in [0, 0.1) is 0 Å². The molecule has 7 aromatic carbocycles. The topological polar surface area (TPSA) is 120 Å². The lowest BCUT2D eigenvalue weighted by Gasteiger charge is -2.27. The molecule has 0 spiro atoms. The molecule has 1 aliphatic carbocycles. The zero-order valence-electron chi connectivity index (χ0n) is 52.2. The van der Waals surface area contributed by atoms with E-state index in [4.69, 9.17) is 9.47 Å². The minimum atomic E-state index is -0.308. The molecule has 5 N–H and O–H groups in total. The van der Waals surface area contributed by atoms with Gasteiger partial charge in [-0.25, -0.2) is 0 Å². The van der Waals surface area contributed by atoms with Crippen LogP contribution in [0.15, 0.2) is 97.1 Å². The first-order valence-corrected chi connectivity index (χ1v) is 29.1. The molecule has 81 heavy (non-hydrogen) atoms. The quantitative estimate of drug-likeness (QED) is 0.119. The van der Waals surface area contributed by atoms with Gasteiger partial charge in [0.15, 0.2) is 0 Å². The third kappa shape index (κ3) is 13.4. The first-order chi connectivity index (χ1) is 37.4. The van der Waals surface area contributed by atoms with Crippen molar-refractivity contribution in [3.05, 3.63) is 203 Å². The molecule has 0 aromatic heterocycles. The van der Waals surface area contributed by atoms with Crippen molar-refractivity contribution in [2.45, 2.75) is 202 Å². The predicted octanol–water partition coefficient (Wildman–Crippen LogP) is 17.4. The number of rotatable bonds is 4. The van der Waals surface area contributed by atoms with Crippen molar-refractivity contribution < 1.29 is 35.0 Å². The second-order valence-corrected chi connectivity index (χ2v) is 29.5. The minimum absolute atomic E-state index is 0.118. The highest BCUT2D eigenvalue weighted by Gasteiger charge is 2.30. The Kier molecular flexibility index (Phi) is 16.2. The van der Waals surface area contributed by atoms with E-state index < -0.39 is 0 Å². The summed E-state index contributed by atoms with van der Waals surface area (Å²) in [5.41, 5.74) is 14.1. The number of fused-ring (bicyclic) bond motifs is 12. The number of ether oxygens (including phenoxy) is 2. The second kappa shape index (κ2) is 21.8. The normalized spacial score (nSPS) is 13.9. The highest BCUT2D eigenvalue weighted by molar-refractivity contribution is 5.61. The van der Waals surface area contributed by atoms with Gasteiger partial charge >= 0.3 is 0 Å². The molecule has 7 heteroatoms. The van der Waals surface area contributed by atoms with Gasteiger partial charge in [-0.05, 0) is 150 Å². The van der Waals surface area contributed by atoms with Crippen LogP contribution in [0.4, 0.5) is 0 Å². The fourth-order valence-electron chi connectivity index (χ4n) is 11.1. The first kappa shape index (κ1) is 60.2. The van der Waals surface area contributed by atoms with Crippen LogP contribution in [-0.4, -0.2) is 32.6 Å². The van der Waals surface area contributed by atoms with E-state index in [1.54, 1.807) is 7.11 Å². The highest BCUT2D eigenvalue weighted by Crippen LogP contribution is 2.45. The zero-order valence-corrected chi connectivity index (χ0v) is 52.2. The lowest BCUT2D eigenvalue weighted by Crippen LogP contribution is -2.16. The SMILES string of the molecule is COc1ccc(COc2c3cc(C(C)(C)C)cc2Cc2cc(C(C)(C)C)cc(c2O)Cc2cc(C(C)(C)C)cc(c2O)Cc2cc(C(C)(C)C)cc(c2O)Cc2cc(C(C)(C)C)cc(c2O)Cc2cc(C(C)(C)C)cc(c2O)C3)cc1. The van der Waals surface area contributed by atoms with Crippen molar-refractivity contribution in [1.29, 1.82) is 0 Å². The molecule has 0 saturated carbocycles. The van der Waals surface area contributed by atoms with E-state index in [2.05, 4.69) is 197 Å². The molecule has 7 nitrogen and oxygen atoms in total. The molecule has 0 unspecified atom stereocenters. The van der Waals surface area contributed by atoms with E-state index in [1.165, 1.54) is 0 Å². The predicted molar refractivity (Wildman–Crippen MR) is 333 cm³/mol. The number of benzene rings is 7. The van der Waals surface area contributed by atoms with Gasteiger partial charge in [0.05, 0.1) is 7.11 Å². The third-order valence-corrected chi connectivity index (χ3v) is 16.6. The molecule has 0 radical (unpaired) electrons. The van der Waals surface area contributed by atoms with Crippen LogP contribution in [0.25, 0.3) is 0 Å².